The Morgan fingerprint density at radius 1 is 1.44 bits per heavy atom. The summed E-state index contributed by atoms with van der Waals surface area (Å²) in [7, 11) is 1.31. The van der Waals surface area contributed by atoms with E-state index in [9.17, 15) is 22.4 Å². The molecule has 0 aromatic heterocycles. The molecule has 0 aliphatic carbocycles. The van der Waals surface area contributed by atoms with Gasteiger partial charge in [-0.2, -0.15) is 8.78 Å². The third kappa shape index (κ3) is 3.04. The number of anilines is 1. The minimum Gasteiger partial charge on any atom is -0.497 e. The highest BCUT2D eigenvalue weighted by molar-refractivity contribution is 6.33. The topological polar surface area (TPSA) is 38.3 Å². The van der Waals surface area contributed by atoms with Crippen molar-refractivity contribution < 1.29 is 27.1 Å². The number of benzene rings is 1. The van der Waals surface area contributed by atoms with E-state index in [0.29, 0.717) is 0 Å². The second-order valence-electron chi connectivity index (χ2n) is 3.22. The van der Waals surface area contributed by atoms with Crippen molar-refractivity contribution in [1.82, 2.24) is 0 Å². The number of amides is 1. The Morgan fingerprint density at radius 2 is 2.06 bits per heavy atom. The Bertz CT molecular complexity index is 454. The van der Waals surface area contributed by atoms with Crippen LogP contribution in [0.5, 0.6) is 5.75 Å². The molecule has 0 aliphatic rings. The maximum atomic E-state index is 12.7. The summed E-state index contributed by atoms with van der Waals surface area (Å²) < 4.78 is 54.1. The molecule has 3 nitrogen and oxygen atoms in total. The summed E-state index contributed by atoms with van der Waals surface area (Å²) in [5.41, 5.74) is -0.235. The first-order valence-electron chi connectivity index (χ1n) is 4.60. The van der Waals surface area contributed by atoms with Gasteiger partial charge in [-0.25, -0.2) is 8.78 Å². The average molecular weight is 286 g/mol. The van der Waals surface area contributed by atoms with Crippen LogP contribution in [0.4, 0.5) is 23.2 Å². The number of rotatable bonds is 4. The third-order valence-electron chi connectivity index (χ3n) is 2.00. The van der Waals surface area contributed by atoms with Crippen LogP contribution in [0.2, 0.25) is 5.02 Å². The lowest BCUT2D eigenvalue weighted by Crippen LogP contribution is -2.41. The number of carbonyl (C=O) groups is 1. The first-order chi connectivity index (χ1) is 8.28. The van der Waals surface area contributed by atoms with Gasteiger partial charge >= 0.3 is 18.3 Å². The monoisotopic (exact) mass is 285 g/mol. The fourth-order valence-electron chi connectivity index (χ4n) is 1.03. The molecule has 18 heavy (non-hydrogen) atoms. The Morgan fingerprint density at radius 3 is 2.56 bits per heavy atom. The zero-order valence-corrected chi connectivity index (χ0v) is 9.77. The summed E-state index contributed by atoms with van der Waals surface area (Å²) in [5, 5.41) is 1.55. The first kappa shape index (κ1) is 14.6. The van der Waals surface area contributed by atoms with E-state index in [0.717, 1.165) is 6.07 Å². The molecule has 100 valence electrons. The zero-order chi connectivity index (χ0) is 13.9. The number of hydrogen-bond acceptors (Lipinski definition) is 2. The van der Waals surface area contributed by atoms with E-state index < -0.39 is 18.3 Å². The van der Waals surface area contributed by atoms with E-state index in [-0.39, 0.29) is 16.5 Å². The summed E-state index contributed by atoms with van der Waals surface area (Å²) in [6.45, 7) is 0. The molecule has 0 fully saturated rings. The summed E-state index contributed by atoms with van der Waals surface area (Å²) in [6.07, 6.45) is -4.10. The van der Waals surface area contributed by atoms with Crippen molar-refractivity contribution >= 4 is 23.2 Å². The fourth-order valence-corrected chi connectivity index (χ4v) is 1.20. The van der Waals surface area contributed by atoms with Crippen LogP contribution in [0, 0.1) is 0 Å². The van der Waals surface area contributed by atoms with Gasteiger partial charge in [-0.3, -0.25) is 4.79 Å². The number of hydrogen-bond donors (Lipinski definition) is 1. The summed E-state index contributed by atoms with van der Waals surface area (Å²) in [4.78, 5) is 11.0. The first-order valence-corrected chi connectivity index (χ1v) is 4.97. The summed E-state index contributed by atoms with van der Waals surface area (Å²) in [5.74, 6) is -6.69. The molecule has 0 aliphatic heterocycles. The van der Waals surface area contributed by atoms with Crippen LogP contribution in [0.3, 0.4) is 0 Å². The number of halogens is 5. The molecule has 8 heteroatoms. The lowest BCUT2D eigenvalue weighted by Gasteiger charge is -2.15. The number of ether oxygens (including phenoxy) is 1. The Kier molecular flexibility index (Phi) is 4.39. The van der Waals surface area contributed by atoms with Crippen molar-refractivity contribution in [3.8, 4) is 5.75 Å². The van der Waals surface area contributed by atoms with Gasteiger partial charge in [0.05, 0.1) is 17.8 Å². The van der Waals surface area contributed by atoms with E-state index in [1.807, 2.05) is 0 Å². The average Bonchev–Trinajstić information content (AvgIpc) is 2.31. The minimum absolute atomic E-state index is 0.0748. The van der Waals surface area contributed by atoms with Gasteiger partial charge in [0.15, 0.2) is 0 Å². The lowest BCUT2D eigenvalue weighted by molar-refractivity contribution is -0.163. The SMILES string of the molecule is COc1ccc(Cl)c(NC(=O)C(F)(F)C(F)F)c1. The minimum atomic E-state index is -4.79. The van der Waals surface area contributed by atoms with Crippen LogP contribution in [-0.2, 0) is 4.79 Å². The molecule has 0 radical (unpaired) electrons. The largest absolute Gasteiger partial charge is 0.497 e. The molecule has 1 aromatic rings. The van der Waals surface area contributed by atoms with Crippen LogP contribution < -0.4 is 10.1 Å². The number of methoxy groups -OCH3 is 1. The van der Waals surface area contributed by atoms with Gasteiger partial charge in [0.25, 0.3) is 0 Å². The Labute approximate surface area is 105 Å². The molecule has 1 N–H and O–H groups in total. The van der Waals surface area contributed by atoms with Crippen LogP contribution in [0.1, 0.15) is 0 Å². The van der Waals surface area contributed by atoms with Crippen molar-refractivity contribution in [2.45, 2.75) is 12.3 Å². The van der Waals surface area contributed by atoms with Gasteiger partial charge in [0, 0.05) is 6.07 Å². The quantitative estimate of drug-likeness (QED) is 0.863. The molecule has 1 rings (SSSR count). The second kappa shape index (κ2) is 5.43. The third-order valence-corrected chi connectivity index (χ3v) is 2.33. The van der Waals surface area contributed by atoms with Gasteiger partial charge < -0.3 is 10.1 Å². The molecule has 0 unspecified atom stereocenters. The molecule has 0 saturated carbocycles. The molecule has 0 bridgehead atoms. The van der Waals surface area contributed by atoms with Crippen LogP contribution >= 0.6 is 11.6 Å². The number of alkyl halides is 4. The predicted octanol–water partition coefficient (Wildman–Crippen LogP) is 3.19. The summed E-state index contributed by atoms with van der Waals surface area (Å²) >= 11 is 5.62. The van der Waals surface area contributed by atoms with Gasteiger partial charge in [-0.1, -0.05) is 11.6 Å². The molecular formula is C10H8ClF4NO2. The van der Waals surface area contributed by atoms with Crippen LogP contribution in [-0.4, -0.2) is 25.4 Å². The van der Waals surface area contributed by atoms with E-state index in [4.69, 9.17) is 16.3 Å². The standard InChI is InChI=1S/C10H8ClF4NO2/c1-18-5-2-3-6(11)7(4-5)16-9(17)10(14,15)8(12)13/h2-4,8H,1H3,(H,16,17). The van der Waals surface area contributed by atoms with E-state index in [1.165, 1.54) is 19.2 Å². The zero-order valence-electron chi connectivity index (χ0n) is 9.02. The second-order valence-corrected chi connectivity index (χ2v) is 3.63. The van der Waals surface area contributed by atoms with Gasteiger partial charge in [-0.15, -0.1) is 0 Å². The van der Waals surface area contributed by atoms with Crippen LogP contribution in [0.15, 0.2) is 18.2 Å². The number of carbonyl (C=O) groups excluding carboxylic acids is 1. The molecule has 0 spiro atoms. The number of nitrogens with one attached hydrogen (secondary N) is 1. The van der Waals surface area contributed by atoms with E-state index in [1.54, 1.807) is 5.32 Å². The predicted molar refractivity (Wildman–Crippen MR) is 57.6 cm³/mol. The fraction of sp³-hybridized carbons (Fsp3) is 0.300. The van der Waals surface area contributed by atoms with Crippen molar-refractivity contribution in [1.29, 1.82) is 0 Å². The molecule has 0 saturated heterocycles. The van der Waals surface area contributed by atoms with Crippen molar-refractivity contribution in [3.05, 3.63) is 23.2 Å². The van der Waals surface area contributed by atoms with Crippen LogP contribution in [0.25, 0.3) is 0 Å². The van der Waals surface area contributed by atoms with Crippen molar-refractivity contribution in [2.75, 3.05) is 12.4 Å². The Balaban J connectivity index is 2.94. The van der Waals surface area contributed by atoms with Crippen molar-refractivity contribution in [3.63, 3.8) is 0 Å². The summed E-state index contributed by atoms with van der Waals surface area (Å²) in [6, 6.07) is 3.83. The normalized spacial score (nSPS) is 11.5. The molecule has 1 aromatic carbocycles. The van der Waals surface area contributed by atoms with Crippen molar-refractivity contribution in [2.24, 2.45) is 0 Å². The Hall–Kier alpha value is -1.50. The van der Waals surface area contributed by atoms with Gasteiger partial charge in [0.2, 0.25) is 0 Å². The highest BCUT2D eigenvalue weighted by Crippen LogP contribution is 2.30. The van der Waals surface area contributed by atoms with Gasteiger partial charge in [-0.05, 0) is 12.1 Å². The molecule has 1 amide bonds. The lowest BCUT2D eigenvalue weighted by atomic mass is 10.2. The molecular weight excluding hydrogens is 278 g/mol. The maximum Gasteiger partial charge on any atom is 0.383 e. The highest BCUT2D eigenvalue weighted by Gasteiger charge is 2.49. The smallest absolute Gasteiger partial charge is 0.383 e. The molecule has 0 heterocycles. The van der Waals surface area contributed by atoms with E-state index in [2.05, 4.69) is 0 Å². The van der Waals surface area contributed by atoms with E-state index >= 15 is 0 Å². The molecule has 0 atom stereocenters. The van der Waals surface area contributed by atoms with Gasteiger partial charge in [0.1, 0.15) is 5.75 Å². The highest BCUT2D eigenvalue weighted by atomic mass is 35.5. The maximum absolute atomic E-state index is 12.7.